The monoisotopic (exact) mass is 302 g/mol. The Hall–Kier alpha value is -0.960. The highest BCUT2D eigenvalue weighted by Crippen LogP contribution is 2.34. The highest BCUT2D eigenvalue weighted by atomic mass is 32.2. The fraction of sp³-hybridized carbons (Fsp3) is 0.611. The normalized spacial score (nSPS) is 25.1. The number of fused-ring (bicyclic) bond motifs is 1. The smallest absolute Gasteiger partial charge is 0.161 e. The Balaban J connectivity index is 1.59. The molecule has 0 aromatic heterocycles. The van der Waals surface area contributed by atoms with E-state index in [1.165, 1.54) is 61.9 Å². The van der Waals surface area contributed by atoms with Gasteiger partial charge >= 0.3 is 0 Å². The topological polar surface area (TPSA) is 24.4 Å². The first-order valence-electron chi connectivity index (χ1n) is 8.41. The summed E-state index contributed by atoms with van der Waals surface area (Å²) in [4.78, 5) is 4.94. The molecule has 0 amide bonds. The van der Waals surface area contributed by atoms with E-state index in [1.54, 1.807) is 0 Å². The van der Waals surface area contributed by atoms with Crippen LogP contribution in [0.5, 0.6) is 0 Å². The Kier molecular flexibility index (Phi) is 5.23. The van der Waals surface area contributed by atoms with E-state index in [0.717, 1.165) is 11.1 Å². The maximum absolute atomic E-state index is 4.94. The molecule has 1 aliphatic heterocycles. The zero-order chi connectivity index (χ0) is 14.5. The minimum absolute atomic E-state index is 0.575. The van der Waals surface area contributed by atoms with E-state index < -0.39 is 0 Å². The second kappa shape index (κ2) is 7.35. The lowest BCUT2D eigenvalue weighted by Crippen LogP contribution is -2.31. The number of nitrogens with zero attached hydrogens (tertiary/aromatic N) is 1. The molecule has 21 heavy (non-hydrogen) atoms. The average Bonchev–Trinajstić information content (AvgIpc) is 2.54. The Morgan fingerprint density at radius 2 is 2.00 bits per heavy atom. The number of benzene rings is 1. The molecule has 1 N–H and O–H groups in total. The molecule has 3 heteroatoms. The van der Waals surface area contributed by atoms with Gasteiger partial charge in [0.2, 0.25) is 0 Å². The molecule has 1 heterocycles. The number of aryl methyl sites for hydroxylation is 1. The number of rotatable bonds is 4. The van der Waals surface area contributed by atoms with Gasteiger partial charge in [0.1, 0.15) is 0 Å². The van der Waals surface area contributed by atoms with E-state index in [0.29, 0.717) is 6.04 Å². The van der Waals surface area contributed by atoms with Crippen LogP contribution < -0.4 is 5.32 Å². The number of nitrogens with one attached hydrogen (secondary N) is 1. The summed E-state index contributed by atoms with van der Waals surface area (Å²) in [7, 11) is 0. The van der Waals surface area contributed by atoms with Crippen molar-refractivity contribution < 1.29 is 0 Å². The molecule has 1 fully saturated rings. The van der Waals surface area contributed by atoms with Gasteiger partial charge in [-0.3, -0.25) is 4.99 Å². The van der Waals surface area contributed by atoms with Crippen LogP contribution in [0.25, 0.3) is 0 Å². The number of thioether (sulfide) groups is 1. The first-order valence-corrected chi connectivity index (χ1v) is 9.40. The second-order valence-electron chi connectivity index (χ2n) is 6.28. The lowest BCUT2D eigenvalue weighted by Gasteiger charge is -2.32. The van der Waals surface area contributed by atoms with Crippen LogP contribution in [0.2, 0.25) is 0 Å². The highest BCUT2D eigenvalue weighted by molar-refractivity contribution is 8.14. The van der Waals surface area contributed by atoms with Crippen molar-refractivity contribution in [1.29, 1.82) is 0 Å². The van der Waals surface area contributed by atoms with Crippen LogP contribution in [0.4, 0.5) is 5.69 Å². The van der Waals surface area contributed by atoms with Crippen molar-refractivity contribution in [1.82, 2.24) is 0 Å². The summed E-state index contributed by atoms with van der Waals surface area (Å²) in [6.45, 7) is 2.24. The van der Waals surface area contributed by atoms with Crippen LogP contribution >= 0.6 is 11.8 Å². The van der Waals surface area contributed by atoms with Crippen LogP contribution in [-0.4, -0.2) is 17.0 Å². The Bertz CT molecular complexity index is 480. The summed E-state index contributed by atoms with van der Waals surface area (Å²) in [6.07, 6.45) is 9.14. The van der Waals surface area contributed by atoms with Crippen molar-refractivity contribution in [2.24, 2.45) is 10.9 Å². The van der Waals surface area contributed by atoms with Gasteiger partial charge in [0.05, 0.1) is 6.04 Å². The summed E-state index contributed by atoms with van der Waals surface area (Å²) in [5.74, 6) is 2.07. The van der Waals surface area contributed by atoms with Crippen LogP contribution in [0, 0.1) is 5.92 Å². The Morgan fingerprint density at radius 3 is 2.81 bits per heavy atom. The molecular formula is C18H26N2S. The molecule has 2 unspecified atom stereocenters. The third-order valence-electron chi connectivity index (χ3n) is 4.61. The van der Waals surface area contributed by atoms with Gasteiger partial charge < -0.3 is 5.32 Å². The second-order valence-corrected chi connectivity index (χ2v) is 7.29. The molecule has 0 bridgehead atoms. The molecule has 3 rings (SSSR count). The van der Waals surface area contributed by atoms with Gasteiger partial charge in [0, 0.05) is 11.4 Å². The summed E-state index contributed by atoms with van der Waals surface area (Å²) in [6, 6.07) is 9.46. The van der Waals surface area contributed by atoms with E-state index in [2.05, 4.69) is 36.5 Å². The van der Waals surface area contributed by atoms with Gasteiger partial charge in [0.25, 0.3) is 0 Å². The molecule has 1 aromatic carbocycles. The van der Waals surface area contributed by atoms with Crippen molar-refractivity contribution in [3.8, 4) is 0 Å². The lowest BCUT2D eigenvalue weighted by molar-refractivity contribution is 0.336. The van der Waals surface area contributed by atoms with E-state index in [-0.39, 0.29) is 0 Å². The largest absolute Gasteiger partial charge is 0.335 e. The van der Waals surface area contributed by atoms with Crippen molar-refractivity contribution in [2.45, 2.75) is 57.9 Å². The van der Waals surface area contributed by atoms with E-state index >= 15 is 0 Å². The van der Waals surface area contributed by atoms with Gasteiger partial charge in [-0.25, -0.2) is 0 Å². The molecule has 2 aliphatic rings. The molecule has 2 atom stereocenters. The van der Waals surface area contributed by atoms with Crippen molar-refractivity contribution >= 4 is 22.6 Å². The SMILES string of the molecule is CCCCc1ccc(NC2=NC3CCCCC3CS2)cc1. The molecule has 114 valence electrons. The van der Waals surface area contributed by atoms with E-state index in [4.69, 9.17) is 4.99 Å². The molecule has 0 radical (unpaired) electrons. The van der Waals surface area contributed by atoms with Crippen molar-refractivity contribution in [3.63, 3.8) is 0 Å². The summed E-state index contributed by atoms with van der Waals surface area (Å²) in [5.41, 5.74) is 2.61. The fourth-order valence-corrected chi connectivity index (χ4v) is 4.41. The number of amidine groups is 1. The lowest BCUT2D eigenvalue weighted by atomic mass is 9.86. The fourth-order valence-electron chi connectivity index (χ4n) is 3.25. The molecule has 2 nitrogen and oxygen atoms in total. The minimum Gasteiger partial charge on any atom is -0.335 e. The van der Waals surface area contributed by atoms with E-state index in [9.17, 15) is 0 Å². The zero-order valence-electron chi connectivity index (χ0n) is 13.0. The molecule has 1 aliphatic carbocycles. The number of unbranched alkanes of at least 4 members (excludes halogenated alkanes) is 1. The maximum Gasteiger partial charge on any atom is 0.161 e. The van der Waals surface area contributed by atoms with Crippen LogP contribution in [0.3, 0.4) is 0 Å². The van der Waals surface area contributed by atoms with Crippen molar-refractivity contribution in [3.05, 3.63) is 29.8 Å². The van der Waals surface area contributed by atoms with Gasteiger partial charge in [-0.2, -0.15) is 0 Å². The minimum atomic E-state index is 0.575. The standard InChI is InChI=1S/C18H26N2S/c1-2-3-6-14-9-11-16(12-10-14)19-18-20-17-8-5-4-7-15(17)13-21-18/h9-12,15,17H,2-8,13H2,1H3,(H,19,20). The number of aliphatic imine (C=N–C) groups is 1. The number of hydrogen-bond donors (Lipinski definition) is 1. The first kappa shape index (κ1) is 15.0. The Morgan fingerprint density at radius 1 is 1.19 bits per heavy atom. The van der Waals surface area contributed by atoms with Crippen LogP contribution in [-0.2, 0) is 6.42 Å². The summed E-state index contributed by atoms with van der Waals surface area (Å²) < 4.78 is 0. The quantitative estimate of drug-likeness (QED) is 0.836. The molecule has 1 saturated carbocycles. The third kappa shape index (κ3) is 4.03. The summed E-state index contributed by atoms with van der Waals surface area (Å²) >= 11 is 1.90. The Labute approximate surface area is 132 Å². The van der Waals surface area contributed by atoms with Gasteiger partial charge in [-0.15, -0.1) is 0 Å². The highest BCUT2D eigenvalue weighted by Gasteiger charge is 2.28. The van der Waals surface area contributed by atoms with Gasteiger partial charge in [0.15, 0.2) is 5.17 Å². The predicted octanol–water partition coefficient (Wildman–Crippen LogP) is 5.10. The third-order valence-corrected chi connectivity index (χ3v) is 5.69. The molecule has 1 aromatic rings. The molecular weight excluding hydrogens is 276 g/mol. The van der Waals surface area contributed by atoms with Crippen LogP contribution in [0.15, 0.2) is 29.3 Å². The van der Waals surface area contributed by atoms with Gasteiger partial charge in [-0.1, -0.05) is 50.1 Å². The van der Waals surface area contributed by atoms with Crippen LogP contribution in [0.1, 0.15) is 51.0 Å². The van der Waals surface area contributed by atoms with E-state index in [1.807, 2.05) is 11.8 Å². The predicted molar refractivity (Wildman–Crippen MR) is 94.3 cm³/mol. The van der Waals surface area contributed by atoms with Crippen molar-refractivity contribution in [2.75, 3.05) is 11.1 Å². The summed E-state index contributed by atoms with van der Waals surface area (Å²) in [5, 5.41) is 4.63. The molecule has 0 spiro atoms. The van der Waals surface area contributed by atoms with Gasteiger partial charge in [-0.05, 0) is 49.3 Å². The number of anilines is 1. The first-order chi connectivity index (χ1) is 10.3. The number of hydrogen-bond acceptors (Lipinski definition) is 3. The zero-order valence-corrected chi connectivity index (χ0v) is 13.8. The molecule has 0 saturated heterocycles. The maximum atomic E-state index is 4.94. The average molecular weight is 302 g/mol.